The van der Waals surface area contributed by atoms with Crippen molar-refractivity contribution in [3.8, 4) is 5.75 Å². The fourth-order valence-corrected chi connectivity index (χ4v) is 3.47. The summed E-state index contributed by atoms with van der Waals surface area (Å²) < 4.78 is 5.31. The summed E-state index contributed by atoms with van der Waals surface area (Å²) in [6, 6.07) is 5.75. The molecule has 1 aromatic rings. The Balaban J connectivity index is 1.92. The average molecular weight is 390 g/mol. The van der Waals surface area contributed by atoms with Crippen molar-refractivity contribution in [3.05, 3.63) is 23.8 Å². The van der Waals surface area contributed by atoms with Crippen LogP contribution in [0.25, 0.3) is 0 Å². The Morgan fingerprint density at radius 3 is 2.54 bits per heavy atom. The van der Waals surface area contributed by atoms with Gasteiger partial charge in [-0.05, 0) is 57.5 Å². The van der Waals surface area contributed by atoms with E-state index in [-0.39, 0.29) is 11.4 Å². The van der Waals surface area contributed by atoms with Gasteiger partial charge in [-0.25, -0.2) is 0 Å². The predicted octanol–water partition coefficient (Wildman–Crippen LogP) is 2.58. The summed E-state index contributed by atoms with van der Waals surface area (Å²) in [4.78, 5) is 18.3. The summed E-state index contributed by atoms with van der Waals surface area (Å²) in [6.07, 6.45) is 3.90. The first-order valence-corrected chi connectivity index (χ1v) is 10.00. The lowest BCUT2D eigenvalue weighted by Gasteiger charge is -2.41. The fourth-order valence-electron chi connectivity index (χ4n) is 3.47. The highest BCUT2D eigenvalue weighted by Crippen LogP contribution is 2.25. The topological polar surface area (TPSA) is 78.0 Å². The maximum absolute atomic E-state index is 11.4. The third-order valence-corrected chi connectivity index (χ3v) is 5.16. The minimum Gasteiger partial charge on any atom is -0.495 e. The lowest BCUT2D eigenvalue weighted by atomic mass is 9.98. The summed E-state index contributed by atoms with van der Waals surface area (Å²) >= 11 is 0. The van der Waals surface area contributed by atoms with Gasteiger partial charge in [0.15, 0.2) is 5.96 Å². The van der Waals surface area contributed by atoms with Crippen molar-refractivity contribution in [2.75, 3.05) is 39.1 Å². The first kappa shape index (κ1) is 22.0. The number of rotatable bonds is 7. The van der Waals surface area contributed by atoms with E-state index in [0.29, 0.717) is 18.0 Å². The molecule has 3 N–H and O–H groups in total. The van der Waals surface area contributed by atoms with Crippen LogP contribution in [0.2, 0.25) is 0 Å². The maximum atomic E-state index is 11.4. The van der Waals surface area contributed by atoms with Crippen LogP contribution in [0.3, 0.4) is 0 Å². The highest BCUT2D eigenvalue weighted by Gasteiger charge is 2.27. The number of carbonyl (C=O) groups excluding carboxylic acids is 1. The number of methoxy groups -OCH3 is 1. The smallest absolute Gasteiger partial charge is 0.221 e. The number of nitrogens with zero attached hydrogens (tertiary/aromatic N) is 2. The number of hydrogen-bond acceptors (Lipinski definition) is 4. The molecule has 0 saturated carbocycles. The molecule has 0 spiro atoms. The molecule has 1 aliphatic heterocycles. The molecule has 2 rings (SSSR count). The Hall–Kier alpha value is -2.28. The van der Waals surface area contributed by atoms with Gasteiger partial charge >= 0.3 is 0 Å². The van der Waals surface area contributed by atoms with Crippen LogP contribution in [0.4, 0.5) is 5.69 Å². The number of nitrogens with one attached hydrogen (secondary N) is 3. The summed E-state index contributed by atoms with van der Waals surface area (Å²) in [5.74, 6) is 1.28. The van der Waals surface area contributed by atoms with Gasteiger partial charge in [0.2, 0.25) is 5.91 Å². The summed E-state index contributed by atoms with van der Waals surface area (Å²) in [6.45, 7) is 9.80. The molecule has 1 aromatic carbocycles. The number of anilines is 1. The molecule has 0 unspecified atom stereocenters. The maximum Gasteiger partial charge on any atom is 0.221 e. The zero-order valence-corrected chi connectivity index (χ0v) is 17.9. The molecular weight excluding hydrogens is 354 g/mol. The molecule has 7 heteroatoms. The predicted molar refractivity (Wildman–Crippen MR) is 115 cm³/mol. The molecule has 0 atom stereocenters. The molecular formula is C21H35N5O2. The van der Waals surface area contributed by atoms with E-state index in [1.54, 1.807) is 14.2 Å². The largest absolute Gasteiger partial charge is 0.495 e. The number of amides is 1. The van der Waals surface area contributed by atoms with Crippen molar-refractivity contribution in [3.63, 3.8) is 0 Å². The van der Waals surface area contributed by atoms with Crippen LogP contribution < -0.4 is 20.7 Å². The molecule has 0 aromatic heterocycles. The number of hydrogen-bond donors (Lipinski definition) is 3. The van der Waals surface area contributed by atoms with Gasteiger partial charge in [0.05, 0.1) is 12.8 Å². The van der Waals surface area contributed by atoms with E-state index >= 15 is 0 Å². The molecule has 1 aliphatic rings. The van der Waals surface area contributed by atoms with Gasteiger partial charge < -0.3 is 20.7 Å². The van der Waals surface area contributed by atoms with E-state index in [1.807, 2.05) is 18.2 Å². The molecule has 1 saturated heterocycles. The third-order valence-electron chi connectivity index (χ3n) is 5.16. The van der Waals surface area contributed by atoms with E-state index in [0.717, 1.165) is 18.1 Å². The Bertz CT molecular complexity index is 681. The van der Waals surface area contributed by atoms with Crippen LogP contribution in [0.5, 0.6) is 5.75 Å². The van der Waals surface area contributed by atoms with Gasteiger partial charge in [-0.2, -0.15) is 0 Å². The van der Waals surface area contributed by atoms with Gasteiger partial charge in [-0.15, -0.1) is 0 Å². The van der Waals surface area contributed by atoms with Crippen LogP contribution in [0.1, 0.15) is 45.6 Å². The van der Waals surface area contributed by atoms with Crippen molar-refractivity contribution in [1.82, 2.24) is 15.5 Å². The summed E-state index contributed by atoms with van der Waals surface area (Å²) in [5.41, 5.74) is 1.78. The molecule has 0 aliphatic carbocycles. The van der Waals surface area contributed by atoms with Gasteiger partial charge in [0.1, 0.15) is 5.75 Å². The Morgan fingerprint density at radius 1 is 1.21 bits per heavy atom. The number of aliphatic imine (C=N–C) groups is 1. The van der Waals surface area contributed by atoms with Crippen molar-refractivity contribution < 1.29 is 9.53 Å². The van der Waals surface area contributed by atoms with Crippen LogP contribution >= 0.6 is 0 Å². The van der Waals surface area contributed by atoms with Crippen molar-refractivity contribution >= 4 is 17.6 Å². The first-order valence-electron chi connectivity index (χ1n) is 10.00. The highest BCUT2D eigenvalue weighted by atomic mass is 16.5. The normalized spacial score (nSPS) is 15.8. The van der Waals surface area contributed by atoms with Gasteiger partial charge in [-0.3, -0.25) is 14.7 Å². The van der Waals surface area contributed by atoms with Crippen molar-refractivity contribution in [2.45, 2.75) is 52.1 Å². The molecule has 0 radical (unpaired) electrons. The zero-order chi connectivity index (χ0) is 20.6. The van der Waals surface area contributed by atoms with E-state index in [1.165, 1.54) is 39.3 Å². The second kappa shape index (κ2) is 10.3. The van der Waals surface area contributed by atoms with E-state index in [4.69, 9.17) is 4.74 Å². The SMILES string of the molecule is CN=C(NCc1ccc(OC)c(NC(C)=O)c1)NCC(C)(C)N1CCCCC1. The molecule has 156 valence electrons. The second-order valence-electron chi connectivity index (χ2n) is 7.86. The van der Waals surface area contributed by atoms with Crippen LogP contribution in [0, 0.1) is 0 Å². The molecule has 0 bridgehead atoms. The average Bonchev–Trinajstić information content (AvgIpc) is 2.68. The number of likely N-dealkylation sites (tertiary alicyclic amines) is 1. The summed E-state index contributed by atoms with van der Waals surface area (Å²) in [5, 5.41) is 9.60. The van der Waals surface area contributed by atoms with E-state index < -0.39 is 0 Å². The van der Waals surface area contributed by atoms with Crippen molar-refractivity contribution in [1.29, 1.82) is 0 Å². The summed E-state index contributed by atoms with van der Waals surface area (Å²) in [7, 11) is 3.37. The first-order chi connectivity index (χ1) is 13.4. The number of benzene rings is 1. The number of ether oxygens (including phenoxy) is 1. The standard InChI is InChI=1S/C21H35N5O2/c1-16(27)25-18-13-17(9-10-19(18)28-5)14-23-20(22-4)24-15-21(2,3)26-11-7-6-8-12-26/h9-10,13H,6-8,11-12,14-15H2,1-5H3,(H,25,27)(H2,22,23,24). The van der Waals surface area contributed by atoms with Crippen molar-refractivity contribution in [2.24, 2.45) is 4.99 Å². The van der Waals surface area contributed by atoms with Crippen LogP contribution in [-0.2, 0) is 11.3 Å². The third kappa shape index (κ3) is 6.41. The molecule has 1 heterocycles. The van der Waals surface area contributed by atoms with Gasteiger partial charge in [-0.1, -0.05) is 12.5 Å². The Labute approximate surface area is 168 Å². The number of piperidine rings is 1. The Kier molecular flexibility index (Phi) is 8.11. The molecule has 1 amide bonds. The van der Waals surface area contributed by atoms with E-state index in [9.17, 15) is 4.79 Å². The quantitative estimate of drug-likeness (QED) is 0.494. The van der Waals surface area contributed by atoms with Gasteiger partial charge in [0.25, 0.3) is 0 Å². The zero-order valence-electron chi connectivity index (χ0n) is 17.9. The van der Waals surface area contributed by atoms with Gasteiger partial charge in [0, 0.05) is 32.6 Å². The second-order valence-corrected chi connectivity index (χ2v) is 7.86. The highest BCUT2D eigenvalue weighted by molar-refractivity contribution is 5.90. The molecule has 1 fully saturated rings. The number of carbonyl (C=O) groups is 1. The molecule has 28 heavy (non-hydrogen) atoms. The van der Waals surface area contributed by atoms with Crippen LogP contribution in [0.15, 0.2) is 23.2 Å². The lowest BCUT2D eigenvalue weighted by Crippen LogP contribution is -2.54. The molecule has 7 nitrogen and oxygen atoms in total. The fraction of sp³-hybridized carbons (Fsp3) is 0.619. The van der Waals surface area contributed by atoms with E-state index in [2.05, 4.69) is 39.7 Å². The number of guanidine groups is 1. The lowest BCUT2D eigenvalue weighted by molar-refractivity contribution is -0.114. The Morgan fingerprint density at radius 2 is 1.93 bits per heavy atom. The monoisotopic (exact) mass is 389 g/mol. The minimum absolute atomic E-state index is 0.0801. The minimum atomic E-state index is -0.124. The van der Waals surface area contributed by atoms with Crippen LogP contribution in [-0.4, -0.2) is 56.1 Å².